The van der Waals surface area contributed by atoms with Gasteiger partial charge >= 0.3 is 6.03 Å². The Bertz CT molecular complexity index is 786. The van der Waals surface area contributed by atoms with Crippen LogP contribution in [0.15, 0.2) is 48.5 Å². The van der Waals surface area contributed by atoms with Gasteiger partial charge in [-0.1, -0.05) is 29.8 Å². The van der Waals surface area contributed by atoms with Gasteiger partial charge in [-0.3, -0.25) is 4.79 Å². The van der Waals surface area contributed by atoms with Gasteiger partial charge in [0.15, 0.2) is 0 Å². The first-order valence-corrected chi connectivity index (χ1v) is 9.01. The summed E-state index contributed by atoms with van der Waals surface area (Å²) >= 11 is 0. The summed E-state index contributed by atoms with van der Waals surface area (Å²) in [7, 11) is 0. The van der Waals surface area contributed by atoms with E-state index in [1.165, 1.54) is 0 Å². The first kappa shape index (κ1) is 18.0. The van der Waals surface area contributed by atoms with Crippen LogP contribution >= 0.6 is 0 Å². The van der Waals surface area contributed by atoms with E-state index in [1.807, 2.05) is 62.4 Å². The third kappa shape index (κ3) is 4.63. The molecular formula is C21H25N3O2. The van der Waals surface area contributed by atoms with E-state index >= 15 is 0 Å². The molecule has 1 aliphatic rings. The van der Waals surface area contributed by atoms with Crippen molar-refractivity contribution in [2.24, 2.45) is 5.92 Å². The van der Waals surface area contributed by atoms with Crippen molar-refractivity contribution in [3.63, 3.8) is 0 Å². The minimum Gasteiger partial charge on any atom is -0.326 e. The van der Waals surface area contributed by atoms with Crippen molar-refractivity contribution >= 4 is 23.3 Å². The number of nitrogens with zero attached hydrogens (tertiary/aromatic N) is 1. The zero-order valence-electron chi connectivity index (χ0n) is 15.3. The van der Waals surface area contributed by atoms with Crippen LogP contribution in [-0.2, 0) is 4.79 Å². The number of urea groups is 1. The molecule has 1 atom stereocenters. The van der Waals surface area contributed by atoms with Crippen molar-refractivity contribution in [2.45, 2.75) is 26.7 Å². The molecule has 0 aromatic heterocycles. The van der Waals surface area contributed by atoms with Crippen LogP contribution in [0.1, 0.15) is 24.0 Å². The van der Waals surface area contributed by atoms with Gasteiger partial charge in [0.1, 0.15) is 0 Å². The molecule has 0 aliphatic carbocycles. The van der Waals surface area contributed by atoms with E-state index in [0.29, 0.717) is 13.1 Å². The smallest absolute Gasteiger partial charge is 0.321 e. The van der Waals surface area contributed by atoms with Gasteiger partial charge in [0, 0.05) is 24.5 Å². The van der Waals surface area contributed by atoms with Crippen LogP contribution in [0.2, 0.25) is 0 Å². The number of nitrogens with one attached hydrogen (secondary N) is 2. The van der Waals surface area contributed by atoms with Crippen molar-refractivity contribution in [2.75, 3.05) is 23.7 Å². The number of carbonyl (C=O) groups is 2. The van der Waals surface area contributed by atoms with Crippen molar-refractivity contribution in [3.8, 4) is 0 Å². The number of hydrogen-bond acceptors (Lipinski definition) is 2. The summed E-state index contributed by atoms with van der Waals surface area (Å²) < 4.78 is 0. The molecule has 0 spiro atoms. The maximum absolute atomic E-state index is 12.6. The Morgan fingerprint density at radius 3 is 2.46 bits per heavy atom. The van der Waals surface area contributed by atoms with Gasteiger partial charge in [0.25, 0.3) is 0 Å². The quantitative estimate of drug-likeness (QED) is 0.871. The molecule has 1 saturated heterocycles. The molecule has 2 N–H and O–H groups in total. The van der Waals surface area contributed by atoms with E-state index in [0.717, 1.165) is 35.3 Å². The van der Waals surface area contributed by atoms with Gasteiger partial charge in [0.05, 0.1) is 5.92 Å². The molecule has 0 bridgehead atoms. The second-order valence-electron chi connectivity index (χ2n) is 6.94. The van der Waals surface area contributed by atoms with Gasteiger partial charge in [-0.2, -0.15) is 0 Å². The van der Waals surface area contributed by atoms with Crippen molar-refractivity contribution in [1.82, 2.24) is 4.90 Å². The van der Waals surface area contributed by atoms with E-state index in [4.69, 9.17) is 0 Å². The summed E-state index contributed by atoms with van der Waals surface area (Å²) in [4.78, 5) is 26.8. The molecule has 26 heavy (non-hydrogen) atoms. The Hall–Kier alpha value is -2.82. The van der Waals surface area contributed by atoms with Gasteiger partial charge in [-0.15, -0.1) is 0 Å². The van der Waals surface area contributed by atoms with Crippen LogP contribution < -0.4 is 10.6 Å². The van der Waals surface area contributed by atoms with E-state index in [1.54, 1.807) is 4.90 Å². The monoisotopic (exact) mass is 351 g/mol. The van der Waals surface area contributed by atoms with E-state index < -0.39 is 0 Å². The number of amides is 3. The zero-order valence-corrected chi connectivity index (χ0v) is 15.3. The predicted molar refractivity (Wildman–Crippen MR) is 104 cm³/mol. The van der Waals surface area contributed by atoms with Crippen LogP contribution in [0.5, 0.6) is 0 Å². The maximum Gasteiger partial charge on any atom is 0.321 e. The molecule has 0 radical (unpaired) electrons. The lowest BCUT2D eigenvalue weighted by atomic mass is 9.97. The Balaban J connectivity index is 1.58. The Kier molecular flexibility index (Phi) is 5.56. The number of aryl methyl sites for hydroxylation is 2. The average molecular weight is 351 g/mol. The van der Waals surface area contributed by atoms with E-state index in [-0.39, 0.29) is 17.9 Å². The van der Waals surface area contributed by atoms with Gasteiger partial charge in [-0.25, -0.2) is 4.79 Å². The van der Waals surface area contributed by atoms with E-state index in [9.17, 15) is 9.59 Å². The van der Waals surface area contributed by atoms with Gasteiger partial charge in [0.2, 0.25) is 5.91 Å². The maximum atomic E-state index is 12.6. The lowest BCUT2D eigenvalue weighted by molar-refractivity contribution is -0.121. The van der Waals surface area contributed by atoms with Crippen molar-refractivity contribution in [1.29, 1.82) is 0 Å². The predicted octanol–water partition coefficient (Wildman–Crippen LogP) is 4.19. The highest BCUT2D eigenvalue weighted by Gasteiger charge is 2.28. The Labute approximate surface area is 154 Å². The summed E-state index contributed by atoms with van der Waals surface area (Å²) in [5.74, 6) is -0.213. The molecule has 5 nitrogen and oxygen atoms in total. The minimum absolute atomic E-state index is 0.0260. The molecule has 2 aromatic carbocycles. The third-order valence-electron chi connectivity index (χ3n) is 4.67. The highest BCUT2D eigenvalue weighted by Crippen LogP contribution is 2.20. The SMILES string of the molecule is Cc1ccc(NC(=O)[C@H]2CCCN(C(=O)Nc3cccc(C)c3)C2)cc1. The van der Waals surface area contributed by atoms with E-state index in [2.05, 4.69) is 10.6 Å². The summed E-state index contributed by atoms with van der Waals surface area (Å²) in [5.41, 5.74) is 3.82. The summed E-state index contributed by atoms with van der Waals surface area (Å²) in [6, 6.07) is 15.3. The molecule has 3 amide bonds. The fourth-order valence-electron chi connectivity index (χ4n) is 3.18. The topological polar surface area (TPSA) is 61.4 Å². The molecule has 3 rings (SSSR count). The van der Waals surface area contributed by atoms with Crippen molar-refractivity contribution < 1.29 is 9.59 Å². The largest absolute Gasteiger partial charge is 0.326 e. The van der Waals surface area contributed by atoms with Crippen molar-refractivity contribution in [3.05, 3.63) is 59.7 Å². The van der Waals surface area contributed by atoms with Gasteiger partial charge < -0.3 is 15.5 Å². The molecule has 1 fully saturated rings. The molecule has 2 aromatic rings. The Morgan fingerprint density at radius 2 is 1.73 bits per heavy atom. The molecule has 136 valence electrons. The molecule has 0 unspecified atom stereocenters. The molecule has 1 aliphatic heterocycles. The van der Waals surface area contributed by atoms with Crippen LogP contribution in [0.4, 0.5) is 16.2 Å². The van der Waals surface area contributed by atoms with Gasteiger partial charge in [-0.05, 0) is 56.5 Å². The first-order valence-electron chi connectivity index (χ1n) is 9.01. The first-order chi connectivity index (χ1) is 12.5. The average Bonchev–Trinajstić information content (AvgIpc) is 2.64. The molecule has 1 heterocycles. The number of benzene rings is 2. The second kappa shape index (κ2) is 8.04. The number of carbonyl (C=O) groups excluding carboxylic acids is 2. The third-order valence-corrected chi connectivity index (χ3v) is 4.67. The summed E-state index contributed by atoms with van der Waals surface area (Å²) in [6.45, 7) is 5.11. The number of piperidine rings is 1. The van der Waals surface area contributed by atoms with Crippen LogP contribution in [-0.4, -0.2) is 29.9 Å². The van der Waals surface area contributed by atoms with Crippen LogP contribution in [0.25, 0.3) is 0 Å². The number of anilines is 2. The fourth-order valence-corrected chi connectivity index (χ4v) is 3.18. The molecular weight excluding hydrogens is 326 g/mol. The second-order valence-corrected chi connectivity index (χ2v) is 6.94. The highest BCUT2D eigenvalue weighted by molar-refractivity contribution is 5.94. The minimum atomic E-state index is -0.187. The summed E-state index contributed by atoms with van der Waals surface area (Å²) in [6.07, 6.45) is 1.62. The number of rotatable bonds is 3. The zero-order chi connectivity index (χ0) is 18.5. The Morgan fingerprint density at radius 1 is 0.962 bits per heavy atom. The normalized spacial score (nSPS) is 16.8. The van der Waals surface area contributed by atoms with Crippen LogP contribution in [0.3, 0.4) is 0 Å². The lowest BCUT2D eigenvalue weighted by Gasteiger charge is -2.32. The van der Waals surface area contributed by atoms with Crippen LogP contribution in [0, 0.1) is 19.8 Å². The lowest BCUT2D eigenvalue weighted by Crippen LogP contribution is -2.45. The molecule has 0 saturated carbocycles. The number of hydrogen-bond donors (Lipinski definition) is 2. The summed E-state index contributed by atoms with van der Waals surface area (Å²) in [5, 5.41) is 5.88. The number of likely N-dealkylation sites (tertiary alicyclic amines) is 1. The highest BCUT2D eigenvalue weighted by atomic mass is 16.2. The standard InChI is InChI=1S/C21H25N3O2/c1-15-8-10-18(11-9-15)22-20(25)17-6-4-12-24(14-17)21(26)23-19-7-3-5-16(2)13-19/h3,5,7-11,13,17H,4,6,12,14H2,1-2H3,(H,22,25)(H,23,26)/t17-/m0/s1. The molecule has 5 heteroatoms. The fraction of sp³-hybridized carbons (Fsp3) is 0.333.